The summed E-state index contributed by atoms with van der Waals surface area (Å²) >= 11 is 0. The minimum Gasteiger partial charge on any atom is -0.457 e. The molecule has 57 heavy (non-hydrogen) atoms. The molecule has 0 saturated carbocycles. The second-order valence-electron chi connectivity index (χ2n) is 14.9. The maximum Gasteiger partial charge on any atom is 0.397 e. The van der Waals surface area contributed by atoms with E-state index in [1.54, 1.807) is 0 Å². The molecule has 332 valence electrons. The van der Waals surface area contributed by atoms with Crippen molar-refractivity contribution in [2.75, 3.05) is 26.4 Å². The molecular weight excluding hydrogens is 753 g/mol. The molecule has 1 aliphatic heterocycles. The Bertz CT molecular complexity index is 1190. The average Bonchev–Trinajstić information content (AvgIpc) is 3.18. The highest BCUT2D eigenvalue weighted by molar-refractivity contribution is 7.80. The first-order valence-electron chi connectivity index (χ1n) is 21.9. The molecule has 6 unspecified atom stereocenters. The van der Waals surface area contributed by atoms with Gasteiger partial charge in [0.15, 0.2) is 6.29 Å². The fraction of sp³-hybridized carbons (Fsp3) is 0.795. The first-order chi connectivity index (χ1) is 27.6. The van der Waals surface area contributed by atoms with Gasteiger partial charge < -0.3 is 34.3 Å². The third kappa shape index (κ3) is 29.8. The standard InChI is InChI=1S/C44H78O12S/c1-3-5-7-9-11-13-15-17-19-21-23-25-27-29-31-33-40(46)54-38(37-53-44-42(48)43(56-57(49,50)51)41(47)39(35-45)55-44)36-52-34-32-30-28-26-24-22-20-18-16-14-12-10-8-6-4-2/h5,7,11,13,17,19,23,25,38-39,41-45,47-48H,3-4,6,8-10,12,14-16,18,20-22,24,26-37H2,1-2H3,(H,49,50,51)/b7-5-,13-11-,19-17-,25-23-. The molecule has 6 atom stereocenters. The van der Waals surface area contributed by atoms with Crippen LogP contribution in [0.15, 0.2) is 48.6 Å². The van der Waals surface area contributed by atoms with Crippen molar-refractivity contribution in [3.8, 4) is 0 Å². The van der Waals surface area contributed by atoms with Gasteiger partial charge in [-0.1, -0.05) is 152 Å². The lowest BCUT2D eigenvalue weighted by Crippen LogP contribution is -2.60. The number of carbonyl (C=O) groups is 1. The largest absolute Gasteiger partial charge is 0.457 e. The predicted octanol–water partition coefficient (Wildman–Crippen LogP) is 8.80. The third-order valence-corrected chi connectivity index (χ3v) is 10.2. The highest BCUT2D eigenvalue weighted by atomic mass is 32.3. The van der Waals surface area contributed by atoms with Gasteiger partial charge in [-0.25, -0.2) is 4.18 Å². The lowest BCUT2D eigenvalue weighted by Gasteiger charge is -2.41. The molecule has 1 rings (SSSR count). The van der Waals surface area contributed by atoms with E-state index in [0.717, 1.165) is 57.8 Å². The van der Waals surface area contributed by atoms with Gasteiger partial charge in [-0.3, -0.25) is 9.35 Å². The zero-order valence-electron chi connectivity index (χ0n) is 35.1. The average molecular weight is 831 g/mol. The van der Waals surface area contributed by atoms with E-state index in [1.165, 1.54) is 77.0 Å². The zero-order valence-corrected chi connectivity index (χ0v) is 36.0. The molecular formula is C44H78O12S. The van der Waals surface area contributed by atoms with Gasteiger partial charge in [0.1, 0.15) is 30.5 Å². The van der Waals surface area contributed by atoms with Crippen molar-refractivity contribution in [3.05, 3.63) is 48.6 Å². The first-order valence-corrected chi connectivity index (χ1v) is 23.3. The highest BCUT2D eigenvalue weighted by Gasteiger charge is 2.48. The van der Waals surface area contributed by atoms with Crippen molar-refractivity contribution in [2.24, 2.45) is 0 Å². The van der Waals surface area contributed by atoms with Crippen LogP contribution in [0.3, 0.4) is 0 Å². The molecule has 0 bridgehead atoms. The minimum atomic E-state index is -5.07. The second kappa shape index (κ2) is 36.0. The fourth-order valence-corrected chi connectivity index (χ4v) is 6.94. The quantitative estimate of drug-likeness (QED) is 0.0203. The van der Waals surface area contributed by atoms with Crippen LogP contribution in [0.5, 0.6) is 0 Å². The number of ether oxygens (including phenoxy) is 4. The summed E-state index contributed by atoms with van der Waals surface area (Å²) in [6.45, 7) is 3.82. The maximum atomic E-state index is 12.8. The summed E-state index contributed by atoms with van der Waals surface area (Å²) in [6, 6.07) is 0. The van der Waals surface area contributed by atoms with Crippen molar-refractivity contribution in [1.29, 1.82) is 0 Å². The number of carbonyl (C=O) groups excluding carboxylic acids is 1. The third-order valence-electron chi connectivity index (χ3n) is 9.72. The summed E-state index contributed by atoms with van der Waals surface area (Å²) in [5.41, 5.74) is 0. The van der Waals surface area contributed by atoms with Crippen LogP contribution in [0.1, 0.15) is 162 Å². The van der Waals surface area contributed by atoms with Gasteiger partial charge in [0.2, 0.25) is 0 Å². The van der Waals surface area contributed by atoms with Crippen LogP contribution in [0, 0.1) is 0 Å². The van der Waals surface area contributed by atoms with Crippen molar-refractivity contribution < 1.29 is 56.2 Å². The number of hydrogen-bond donors (Lipinski definition) is 4. The van der Waals surface area contributed by atoms with Gasteiger partial charge >= 0.3 is 16.4 Å². The van der Waals surface area contributed by atoms with Crippen LogP contribution in [-0.4, -0.2) is 97.5 Å². The molecule has 1 saturated heterocycles. The normalized spacial score (nSPS) is 21.1. The summed E-state index contributed by atoms with van der Waals surface area (Å²) in [4.78, 5) is 12.8. The molecule has 0 radical (unpaired) electrons. The van der Waals surface area contributed by atoms with E-state index in [9.17, 15) is 28.5 Å². The van der Waals surface area contributed by atoms with Gasteiger partial charge in [0, 0.05) is 13.0 Å². The number of hydrogen-bond acceptors (Lipinski definition) is 11. The SMILES string of the molecule is CC/C=C\C/C=C\C/C=C\C/C=C\CCCCC(=O)OC(COCCCCCCCCCCCCCCCCC)COC1OC(CO)C(O)C(OS(=O)(=O)O)C1O. The number of unbranched alkanes of at least 4 members (excludes halogenated alkanes) is 16. The van der Waals surface area contributed by atoms with Gasteiger partial charge in [0.25, 0.3) is 0 Å². The molecule has 0 aromatic rings. The van der Waals surface area contributed by atoms with Gasteiger partial charge in [-0.15, -0.1) is 0 Å². The van der Waals surface area contributed by atoms with Crippen molar-refractivity contribution in [2.45, 2.75) is 198 Å². The molecule has 12 nitrogen and oxygen atoms in total. The molecule has 1 fully saturated rings. The molecule has 0 spiro atoms. The van der Waals surface area contributed by atoms with E-state index < -0.39 is 59.8 Å². The van der Waals surface area contributed by atoms with E-state index in [4.69, 9.17) is 23.5 Å². The van der Waals surface area contributed by atoms with E-state index in [1.807, 2.05) is 0 Å². The Morgan fingerprint density at radius 2 is 1.21 bits per heavy atom. The molecule has 0 amide bonds. The zero-order chi connectivity index (χ0) is 41.8. The number of allylic oxidation sites excluding steroid dienone is 8. The van der Waals surface area contributed by atoms with E-state index in [2.05, 4.69) is 66.6 Å². The molecule has 0 aliphatic carbocycles. The fourth-order valence-electron chi connectivity index (χ4n) is 6.43. The van der Waals surface area contributed by atoms with Gasteiger partial charge in [0.05, 0.1) is 19.8 Å². The molecule has 13 heteroatoms. The summed E-state index contributed by atoms with van der Waals surface area (Å²) in [5.74, 6) is -0.439. The monoisotopic (exact) mass is 831 g/mol. The Kier molecular flexibility index (Phi) is 33.5. The Morgan fingerprint density at radius 1 is 0.684 bits per heavy atom. The Morgan fingerprint density at radius 3 is 1.74 bits per heavy atom. The molecule has 0 aromatic heterocycles. The van der Waals surface area contributed by atoms with Crippen LogP contribution < -0.4 is 0 Å². The number of aliphatic hydroxyl groups is 3. The molecule has 0 aromatic carbocycles. The Labute approximate surface area is 345 Å². The smallest absolute Gasteiger partial charge is 0.397 e. The number of esters is 1. The minimum absolute atomic E-state index is 0.0200. The van der Waals surface area contributed by atoms with Crippen LogP contribution in [0.25, 0.3) is 0 Å². The lowest BCUT2D eigenvalue weighted by molar-refractivity contribution is -0.301. The summed E-state index contributed by atoms with van der Waals surface area (Å²) in [5, 5.41) is 30.6. The molecule has 4 N–H and O–H groups in total. The first kappa shape index (κ1) is 53.1. The van der Waals surface area contributed by atoms with Gasteiger partial charge in [-0.2, -0.15) is 8.42 Å². The lowest BCUT2D eigenvalue weighted by atomic mass is 9.99. The highest BCUT2D eigenvalue weighted by Crippen LogP contribution is 2.26. The molecule has 1 aliphatic rings. The summed E-state index contributed by atoms with van der Waals surface area (Å²) < 4.78 is 58.9. The van der Waals surface area contributed by atoms with Gasteiger partial charge in [-0.05, 0) is 51.4 Å². The van der Waals surface area contributed by atoms with E-state index >= 15 is 0 Å². The van der Waals surface area contributed by atoms with Crippen LogP contribution >= 0.6 is 0 Å². The maximum absolute atomic E-state index is 12.8. The topological polar surface area (TPSA) is 178 Å². The van der Waals surface area contributed by atoms with Crippen molar-refractivity contribution >= 4 is 16.4 Å². The van der Waals surface area contributed by atoms with Crippen molar-refractivity contribution in [1.82, 2.24) is 0 Å². The number of rotatable bonds is 37. The number of aliphatic hydroxyl groups excluding tert-OH is 3. The summed E-state index contributed by atoms with van der Waals surface area (Å²) in [7, 11) is -5.07. The van der Waals surface area contributed by atoms with Crippen molar-refractivity contribution in [3.63, 3.8) is 0 Å². The van der Waals surface area contributed by atoms with E-state index in [-0.39, 0.29) is 19.6 Å². The van der Waals surface area contributed by atoms with E-state index in [0.29, 0.717) is 13.0 Å². The van der Waals surface area contributed by atoms with Crippen LogP contribution in [0.2, 0.25) is 0 Å². The van der Waals surface area contributed by atoms with Crippen LogP contribution in [0.4, 0.5) is 0 Å². The van der Waals surface area contributed by atoms with Crippen LogP contribution in [-0.2, 0) is 38.3 Å². The second-order valence-corrected chi connectivity index (χ2v) is 16.0. The Hall–Kier alpha value is -1.94. The predicted molar refractivity (Wildman–Crippen MR) is 225 cm³/mol. The Balaban J connectivity index is 2.48. The molecule has 1 heterocycles. The summed E-state index contributed by atoms with van der Waals surface area (Å²) in [6.07, 6.45) is 32.9.